The highest BCUT2D eigenvalue weighted by Crippen LogP contribution is 2.23. The largest absolute Gasteiger partial charge is 0.396 e. The molecule has 4 heteroatoms. The Hall–Kier alpha value is -0.160. The summed E-state index contributed by atoms with van der Waals surface area (Å²) >= 11 is 0. The molecular weight excluding hydrogens is 252 g/mol. The predicted octanol–water partition coefficient (Wildman–Crippen LogP) is 1.66. The maximum absolute atomic E-state index is 9.27. The van der Waals surface area contributed by atoms with E-state index in [1.165, 1.54) is 38.5 Å². The summed E-state index contributed by atoms with van der Waals surface area (Å²) < 4.78 is 0. The maximum atomic E-state index is 9.27. The van der Waals surface area contributed by atoms with Gasteiger partial charge in [0.15, 0.2) is 0 Å². The molecule has 2 saturated carbocycles. The standard InChI is InChI=1S/2C8H17NO/c1-9-8-5-3-2-4-7(8)6-10;1-2-9-7-4-3-5-8(10)6-7/h2*7-10H,2-6H2,1H3/t7-,8?;/m0./s1. The van der Waals surface area contributed by atoms with Crippen molar-refractivity contribution in [3.05, 3.63) is 0 Å². The minimum Gasteiger partial charge on any atom is -0.396 e. The maximum Gasteiger partial charge on any atom is 0.0555 e. The van der Waals surface area contributed by atoms with Crippen molar-refractivity contribution in [2.24, 2.45) is 5.92 Å². The van der Waals surface area contributed by atoms with E-state index in [4.69, 9.17) is 5.11 Å². The first-order valence-corrected chi connectivity index (χ1v) is 8.40. The van der Waals surface area contributed by atoms with Crippen molar-refractivity contribution >= 4 is 0 Å². The molecule has 0 spiro atoms. The molecule has 2 rings (SSSR count). The average Bonchev–Trinajstić information content (AvgIpc) is 2.48. The molecule has 2 aliphatic carbocycles. The fourth-order valence-electron chi connectivity index (χ4n) is 3.44. The molecule has 0 amide bonds. The van der Waals surface area contributed by atoms with Crippen LogP contribution in [-0.4, -0.2) is 48.6 Å². The fourth-order valence-corrected chi connectivity index (χ4v) is 3.44. The van der Waals surface area contributed by atoms with Gasteiger partial charge in [-0.3, -0.25) is 0 Å². The summed E-state index contributed by atoms with van der Waals surface area (Å²) in [5.41, 5.74) is 0. The van der Waals surface area contributed by atoms with E-state index in [-0.39, 0.29) is 6.10 Å². The summed E-state index contributed by atoms with van der Waals surface area (Å²) in [6.07, 6.45) is 9.38. The van der Waals surface area contributed by atoms with Crippen LogP contribution >= 0.6 is 0 Å². The first kappa shape index (κ1) is 17.9. The van der Waals surface area contributed by atoms with Gasteiger partial charge in [-0.1, -0.05) is 19.8 Å². The molecule has 0 aromatic rings. The van der Waals surface area contributed by atoms with Gasteiger partial charge < -0.3 is 20.8 Å². The molecule has 0 heterocycles. The second kappa shape index (κ2) is 10.6. The van der Waals surface area contributed by atoms with Crippen LogP contribution < -0.4 is 10.6 Å². The van der Waals surface area contributed by atoms with E-state index in [0.717, 1.165) is 19.4 Å². The number of nitrogens with one attached hydrogen (secondary N) is 2. The van der Waals surface area contributed by atoms with Crippen LogP contribution in [0.2, 0.25) is 0 Å². The lowest BCUT2D eigenvalue weighted by Crippen LogP contribution is -2.37. The monoisotopic (exact) mass is 286 g/mol. The molecule has 0 aromatic heterocycles. The summed E-state index contributed by atoms with van der Waals surface area (Å²) in [6.45, 7) is 3.49. The Morgan fingerprint density at radius 1 is 1.05 bits per heavy atom. The van der Waals surface area contributed by atoms with Crippen LogP contribution in [0.5, 0.6) is 0 Å². The average molecular weight is 286 g/mol. The van der Waals surface area contributed by atoms with E-state index in [2.05, 4.69) is 17.6 Å². The highest BCUT2D eigenvalue weighted by molar-refractivity contribution is 4.79. The first-order chi connectivity index (χ1) is 9.71. The van der Waals surface area contributed by atoms with E-state index in [1.807, 2.05) is 7.05 Å². The fraction of sp³-hybridized carbons (Fsp3) is 1.00. The molecule has 2 fully saturated rings. The number of aliphatic hydroxyl groups is 2. The summed E-state index contributed by atoms with van der Waals surface area (Å²) in [4.78, 5) is 0. The molecule has 0 aliphatic heterocycles. The van der Waals surface area contributed by atoms with Crippen LogP contribution in [-0.2, 0) is 0 Å². The van der Waals surface area contributed by atoms with Crippen molar-refractivity contribution in [3.8, 4) is 0 Å². The molecule has 4 atom stereocenters. The first-order valence-electron chi connectivity index (χ1n) is 8.40. The summed E-state index contributed by atoms with van der Waals surface area (Å²) in [5, 5.41) is 24.8. The molecule has 0 saturated heterocycles. The lowest BCUT2D eigenvalue weighted by atomic mass is 9.85. The normalized spacial score (nSPS) is 34.2. The topological polar surface area (TPSA) is 64.5 Å². The van der Waals surface area contributed by atoms with E-state index >= 15 is 0 Å². The van der Waals surface area contributed by atoms with Crippen LogP contribution in [0.3, 0.4) is 0 Å². The summed E-state index contributed by atoms with van der Waals surface area (Å²) in [6, 6.07) is 1.15. The lowest BCUT2D eigenvalue weighted by molar-refractivity contribution is 0.112. The molecule has 4 N–H and O–H groups in total. The molecule has 4 nitrogen and oxygen atoms in total. The quantitative estimate of drug-likeness (QED) is 0.635. The van der Waals surface area contributed by atoms with Gasteiger partial charge in [0, 0.05) is 18.7 Å². The number of hydrogen-bond donors (Lipinski definition) is 4. The van der Waals surface area contributed by atoms with Crippen molar-refractivity contribution in [2.75, 3.05) is 20.2 Å². The van der Waals surface area contributed by atoms with Gasteiger partial charge in [0.2, 0.25) is 0 Å². The molecular formula is C16H34N2O2. The summed E-state index contributed by atoms with van der Waals surface area (Å²) in [5.74, 6) is 0.513. The van der Waals surface area contributed by atoms with Gasteiger partial charge in [-0.05, 0) is 58.0 Å². The third kappa shape index (κ3) is 6.53. The van der Waals surface area contributed by atoms with Crippen LogP contribution in [0.25, 0.3) is 0 Å². The van der Waals surface area contributed by atoms with Gasteiger partial charge >= 0.3 is 0 Å². The number of aliphatic hydroxyl groups excluding tert-OH is 2. The second-order valence-electron chi connectivity index (χ2n) is 6.20. The van der Waals surface area contributed by atoms with Gasteiger partial charge in [0.25, 0.3) is 0 Å². The molecule has 120 valence electrons. The summed E-state index contributed by atoms with van der Waals surface area (Å²) in [7, 11) is 1.98. The molecule has 20 heavy (non-hydrogen) atoms. The Morgan fingerprint density at radius 3 is 2.35 bits per heavy atom. The smallest absolute Gasteiger partial charge is 0.0555 e. The Kier molecular flexibility index (Phi) is 9.44. The van der Waals surface area contributed by atoms with Crippen LogP contribution in [0.1, 0.15) is 58.3 Å². The molecule has 3 unspecified atom stereocenters. The number of rotatable bonds is 4. The Labute approximate surface area is 124 Å². The minimum absolute atomic E-state index is 0.0437. The zero-order valence-corrected chi connectivity index (χ0v) is 13.3. The molecule has 0 radical (unpaired) electrons. The molecule has 2 aliphatic rings. The highest BCUT2D eigenvalue weighted by Gasteiger charge is 2.22. The molecule has 0 bridgehead atoms. The van der Waals surface area contributed by atoms with Crippen molar-refractivity contribution < 1.29 is 10.2 Å². The van der Waals surface area contributed by atoms with Gasteiger partial charge in [-0.15, -0.1) is 0 Å². The minimum atomic E-state index is -0.0437. The van der Waals surface area contributed by atoms with Gasteiger partial charge in [-0.25, -0.2) is 0 Å². The van der Waals surface area contributed by atoms with E-state index in [1.54, 1.807) is 0 Å². The Bertz CT molecular complexity index is 225. The third-order valence-corrected chi connectivity index (χ3v) is 4.65. The van der Waals surface area contributed by atoms with Crippen LogP contribution in [0, 0.1) is 5.92 Å². The Morgan fingerprint density at radius 2 is 1.80 bits per heavy atom. The van der Waals surface area contributed by atoms with Crippen molar-refractivity contribution in [1.82, 2.24) is 10.6 Å². The zero-order chi connectivity index (χ0) is 14.8. The van der Waals surface area contributed by atoms with Crippen LogP contribution in [0.15, 0.2) is 0 Å². The van der Waals surface area contributed by atoms with Gasteiger partial charge in [0.05, 0.1) is 6.10 Å². The van der Waals surface area contributed by atoms with Crippen molar-refractivity contribution in [2.45, 2.75) is 76.5 Å². The zero-order valence-electron chi connectivity index (χ0n) is 13.3. The van der Waals surface area contributed by atoms with E-state index in [0.29, 0.717) is 24.6 Å². The van der Waals surface area contributed by atoms with E-state index in [9.17, 15) is 5.11 Å². The SMILES string of the molecule is CCNC1CCCC(O)C1.CNC1CCCC[C@H]1CO. The van der Waals surface area contributed by atoms with Gasteiger partial charge in [-0.2, -0.15) is 0 Å². The van der Waals surface area contributed by atoms with Gasteiger partial charge in [0.1, 0.15) is 0 Å². The van der Waals surface area contributed by atoms with E-state index < -0.39 is 0 Å². The Balaban J connectivity index is 0.000000200. The second-order valence-corrected chi connectivity index (χ2v) is 6.20. The van der Waals surface area contributed by atoms with Crippen LogP contribution in [0.4, 0.5) is 0 Å². The highest BCUT2D eigenvalue weighted by atomic mass is 16.3. The lowest BCUT2D eigenvalue weighted by Gasteiger charge is -2.29. The predicted molar refractivity (Wildman–Crippen MR) is 83.8 cm³/mol. The van der Waals surface area contributed by atoms with Crippen molar-refractivity contribution in [3.63, 3.8) is 0 Å². The molecule has 0 aromatic carbocycles. The third-order valence-electron chi connectivity index (χ3n) is 4.65. The number of hydrogen-bond acceptors (Lipinski definition) is 4. The van der Waals surface area contributed by atoms with Crippen molar-refractivity contribution in [1.29, 1.82) is 0 Å².